The zero-order valence-electron chi connectivity index (χ0n) is 16.3. The highest BCUT2D eigenvalue weighted by Crippen LogP contribution is 2.36. The number of benzene rings is 2. The van der Waals surface area contributed by atoms with E-state index in [4.69, 9.17) is 14.2 Å². The van der Waals surface area contributed by atoms with Crippen LogP contribution in [-0.4, -0.2) is 44.3 Å². The van der Waals surface area contributed by atoms with Gasteiger partial charge in [0, 0.05) is 32.4 Å². The predicted molar refractivity (Wildman–Crippen MR) is 105 cm³/mol. The first-order chi connectivity index (χ1) is 13.5. The van der Waals surface area contributed by atoms with Crippen LogP contribution in [0, 0.1) is 12.7 Å². The Balaban J connectivity index is 1.80. The summed E-state index contributed by atoms with van der Waals surface area (Å²) in [7, 11) is 3.28. The van der Waals surface area contributed by atoms with Gasteiger partial charge in [0.25, 0.3) is 0 Å². The number of aryl methyl sites for hydroxylation is 1. The van der Waals surface area contributed by atoms with Crippen molar-refractivity contribution < 1.29 is 23.4 Å². The molecule has 1 aliphatic rings. The van der Waals surface area contributed by atoms with Crippen LogP contribution < -0.4 is 14.8 Å². The van der Waals surface area contributed by atoms with E-state index in [0.717, 1.165) is 18.4 Å². The quantitative estimate of drug-likeness (QED) is 0.815. The molecule has 0 bridgehead atoms. The molecule has 1 saturated heterocycles. The Labute approximate surface area is 164 Å². The van der Waals surface area contributed by atoms with Gasteiger partial charge in [-0.15, -0.1) is 0 Å². The van der Waals surface area contributed by atoms with Gasteiger partial charge in [-0.2, -0.15) is 0 Å². The number of halogens is 1. The smallest absolute Gasteiger partial charge is 0.321 e. The average Bonchev–Trinajstić information content (AvgIpc) is 2.71. The Bertz CT molecular complexity index is 837. The number of carbonyl (C=O) groups excluding carboxylic acids is 1. The van der Waals surface area contributed by atoms with E-state index in [-0.39, 0.29) is 17.8 Å². The molecule has 2 amide bonds. The highest BCUT2D eigenvalue weighted by atomic mass is 19.1. The maximum Gasteiger partial charge on any atom is 0.321 e. The molecule has 1 heterocycles. The van der Waals surface area contributed by atoms with Crippen LogP contribution in [-0.2, 0) is 4.74 Å². The Kier molecular flexibility index (Phi) is 6.36. The van der Waals surface area contributed by atoms with Crippen LogP contribution in [0.3, 0.4) is 0 Å². The van der Waals surface area contributed by atoms with Crippen molar-refractivity contribution in [2.45, 2.75) is 25.8 Å². The number of nitrogens with one attached hydrogen (secondary N) is 1. The summed E-state index contributed by atoms with van der Waals surface area (Å²) < 4.78 is 30.4. The number of amides is 2. The van der Waals surface area contributed by atoms with Gasteiger partial charge in [0.15, 0.2) is 17.2 Å². The van der Waals surface area contributed by atoms with Crippen molar-refractivity contribution >= 4 is 11.7 Å². The van der Waals surface area contributed by atoms with E-state index in [1.54, 1.807) is 25.1 Å². The monoisotopic (exact) mass is 388 g/mol. The van der Waals surface area contributed by atoms with Crippen LogP contribution in [0.25, 0.3) is 0 Å². The minimum Gasteiger partial charge on any atom is -0.493 e. The maximum atomic E-state index is 13.8. The highest BCUT2D eigenvalue weighted by molar-refractivity contribution is 5.91. The van der Waals surface area contributed by atoms with Crippen LogP contribution >= 0.6 is 0 Å². The third kappa shape index (κ3) is 4.72. The first kappa shape index (κ1) is 19.9. The number of nitrogens with zero attached hydrogens (tertiary/aromatic N) is 1. The highest BCUT2D eigenvalue weighted by Gasteiger charge is 2.23. The third-order valence-electron chi connectivity index (χ3n) is 4.78. The lowest BCUT2D eigenvalue weighted by molar-refractivity contribution is 0.0544. The van der Waals surface area contributed by atoms with E-state index >= 15 is 0 Å². The molecule has 6 nitrogen and oxygen atoms in total. The number of hydrogen-bond acceptors (Lipinski definition) is 4. The van der Waals surface area contributed by atoms with Crippen molar-refractivity contribution in [2.24, 2.45) is 0 Å². The van der Waals surface area contributed by atoms with E-state index < -0.39 is 5.82 Å². The summed E-state index contributed by atoms with van der Waals surface area (Å²) in [4.78, 5) is 14.3. The van der Waals surface area contributed by atoms with Gasteiger partial charge in [0.2, 0.25) is 0 Å². The van der Waals surface area contributed by atoms with Crippen LogP contribution in [0.5, 0.6) is 17.2 Å². The fraction of sp³-hybridized carbons (Fsp3) is 0.381. The normalized spacial score (nSPS) is 14.4. The molecule has 0 aromatic heterocycles. The summed E-state index contributed by atoms with van der Waals surface area (Å²) in [6.07, 6.45) is 1.55. The van der Waals surface area contributed by atoms with Crippen molar-refractivity contribution in [1.82, 2.24) is 4.90 Å². The fourth-order valence-electron chi connectivity index (χ4n) is 3.11. The van der Waals surface area contributed by atoms with E-state index in [2.05, 4.69) is 5.32 Å². The molecule has 2 aromatic rings. The molecule has 1 aliphatic heterocycles. The molecule has 0 aliphatic carbocycles. The molecule has 150 valence electrons. The van der Waals surface area contributed by atoms with Gasteiger partial charge >= 0.3 is 6.03 Å². The number of anilines is 1. The van der Waals surface area contributed by atoms with Crippen LogP contribution in [0.15, 0.2) is 36.4 Å². The zero-order chi connectivity index (χ0) is 20.1. The van der Waals surface area contributed by atoms with Crippen molar-refractivity contribution in [1.29, 1.82) is 0 Å². The molecule has 0 spiro atoms. The van der Waals surface area contributed by atoms with Gasteiger partial charge in [0.1, 0.15) is 5.82 Å². The molecule has 2 aromatic carbocycles. The Morgan fingerprint density at radius 3 is 2.57 bits per heavy atom. The Morgan fingerprint density at radius 1 is 1.14 bits per heavy atom. The summed E-state index contributed by atoms with van der Waals surface area (Å²) in [5.74, 6) is 0.901. The minimum atomic E-state index is -0.466. The molecule has 0 unspecified atom stereocenters. The average molecular weight is 388 g/mol. The van der Waals surface area contributed by atoms with E-state index in [1.807, 2.05) is 19.1 Å². The summed E-state index contributed by atoms with van der Waals surface area (Å²) in [6.45, 7) is 3.20. The van der Waals surface area contributed by atoms with Crippen molar-refractivity contribution in [3.8, 4) is 17.2 Å². The third-order valence-corrected chi connectivity index (χ3v) is 4.78. The zero-order valence-corrected chi connectivity index (χ0v) is 16.3. The molecule has 3 rings (SSSR count). The Hall–Kier alpha value is -2.80. The lowest BCUT2D eigenvalue weighted by atomic mass is 10.1. The van der Waals surface area contributed by atoms with Crippen LogP contribution in [0.1, 0.15) is 18.4 Å². The fourth-order valence-corrected chi connectivity index (χ4v) is 3.11. The van der Waals surface area contributed by atoms with Crippen LogP contribution in [0.4, 0.5) is 14.9 Å². The molecule has 0 atom stereocenters. The van der Waals surface area contributed by atoms with E-state index in [1.165, 1.54) is 18.2 Å². The van der Waals surface area contributed by atoms with Gasteiger partial charge in [-0.3, -0.25) is 0 Å². The second kappa shape index (κ2) is 8.93. The van der Waals surface area contributed by atoms with Gasteiger partial charge in [-0.25, -0.2) is 9.18 Å². The topological polar surface area (TPSA) is 60.0 Å². The number of rotatable bonds is 5. The summed E-state index contributed by atoms with van der Waals surface area (Å²) >= 11 is 0. The van der Waals surface area contributed by atoms with Crippen molar-refractivity contribution in [2.75, 3.05) is 32.7 Å². The summed E-state index contributed by atoms with van der Waals surface area (Å²) in [5, 5.41) is 2.76. The number of urea groups is 1. The van der Waals surface area contributed by atoms with Crippen molar-refractivity contribution in [3.63, 3.8) is 0 Å². The summed E-state index contributed by atoms with van der Waals surface area (Å²) in [5.41, 5.74) is 1.28. The largest absolute Gasteiger partial charge is 0.493 e. The molecule has 0 radical (unpaired) electrons. The second-order valence-electron chi connectivity index (χ2n) is 6.78. The molecule has 1 N–H and O–H groups in total. The number of ether oxygens (including phenoxy) is 3. The minimum absolute atomic E-state index is 0.0869. The molecular weight excluding hydrogens is 363 g/mol. The molecule has 1 fully saturated rings. The Morgan fingerprint density at radius 2 is 1.86 bits per heavy atom. The lowest BCUT2D eigenvalue weighted by Gasteiger charge is -2.31. The molecule has 0 saturated carbocycles. The first-order valence-electron chi connectivity index (χ1n) is 9.21. The van der Waals surface area contributed by atoms with Gasteiger partial charge in [0.05, 0.1) is 12.8 Å². The number of carbonyl (C=O) groups is 1. The predicted octanol–water partition coefficient (Wildman–Crippen LogP) is 4.58. The van der Waals surface area contributed by atoms with Gasteiger partial charge < -0.3 is 24.4 Å². The second-order valence-corrected chi connectivity index (χ2v) is 6.78. The van der Waals surface area contributed by atoms with E-state index in [9.17, 15) is 9.18 Å². The van der Waals surface area contributed by atoms with Gasteiger partial charge in [-0.05, 0) is 49.6 Å². The van der Waals surface area contributed by atoms with Gasteiger partial charge in [-0.1, -0.05) is 6.07 Å². The number of methoxy groups -OCH3 is 1. The van der Waals surface area contributed by atoms with Crippen LogP contribution in [0.2, 0.25) is 0 Å². The van der Waals surface area contributed by atoms with E-state index in [0.29, 0.717) is 30.5 Å². The molecule has 28 heavy (non-hydrogen) atoms. The number of hydrogen-bond donors (Lipinski definition) is 1. The lowest BCUT2D eigenvalue weighted by Crippen LogP contribution is -2.42. The SMILES string of the molecule is COc1cc(C)ccc1Oc1ccc(F)cc1NC(=O)N(C)C1CCOCC1. The van der Waals surface area contributed by atoms with Crippen molar-refractivity contribution in [3.05, 3.63) is 47.8 Å². The maximum absolute atomic E-state index is 13.8. The first-order valence-corrected chi connectivity index (χ1v) is 9.21. The molecule has 7 heteroatoms. The standard InChI is InChI=1S/C21H25FN2O4/c1-14-4-6-19(20(12-14)26-3)28-18-7-5-15(22)13-17(18)23-21(25)24(2)16-8-10-27-11-9-16/h4-7,12-13,16H,8-11H2,1-3H3,(H,23,25). The summed E-state index contributed by atoms with van der Waals surface area (Å²) in [6, 6.07) is 9.28. The molecular formula is C21H25FN2O4.